The maximum atomic E-state index is 10.1. The Morgan fingerprint density at radius 3 is 1.30 bits per heavy atom. The Morgan fingerprint density at radius 1 is 0.778 bits per heavy atom. The molecule has 0 saturated heterocycles. The summed E-state index contributed by atoms with van der Waals surface area (Å²) in [5.41, 5.74) is 12.1. The lowest BCUT2D eigenvalue weighted by atomic mass is 9.97. The zero-order chi connectivity index (χ0) is 20.5. The van der Waals surface area contributed by atoms with Crippen LogP contribution in [0.2, 0.25) is 0 Å². The van der Waals surface area contributed by atoms with Gasteiger partial charge >= 0.3 is 0 Å². The molecule has 7 heteroatoms. The Balaban J connectivity index is 0.000000346. The molecular weight excluding hydrogens is 346 g/mol. The molecule has 2 fully saturated rings. The third-order valence-corrected chi connectivity index (χ3v) is 4.46. The number of amides is 1. The van der Waals surface area contributed by atoms with E-state index in [9.17, 15) is 9.90 Å². The molecule has 3 rings (SSSR count). The van der Waals surface area contributed by atoms with Gasteiger partial charge in [-0.25, -0.2) is 0 Å². The lowest BCUT2D eigenvalue weighted by Gasteiger charge is -2.12. The maximum Gasteiger partial charge on any atom is 0.131 e. The molecule has 2 aliphatic rings. The van der Waals surface area contributed by atoms with Crippen LogP contribution in [0.1, 0.15) is 74.6 Å². The monoisotopic (exact) mass is 381 g/mol. The van der Waals surface area contributed by atoms with Crippen LogP contribution in [0.15, 0.2) is 30.3 Å². The van der Waals surface area contributed by atoms with E-state index in [0.29, 0.717) is 0 Å². The first kappa shape index (κ1) is 24.9. The molecule has 1 aromatic rings. The van der Waals surface area contributed by atoms with Gasteiger partial charge in [-0.05, 0) is 56.9 Å². The van der Waals surface area contributed by atoms with Crippen LogP contribution in [-0.2, 0) is 0 Å². The normalized spacial score (nSPS) is 17.0. The molecule has 8 N–H and O–H groups in total. The topological polar surface area (TPSA) is 162 Å². The number of carboxylic acids is 1. The smallest absolute Gasteiger partial charge is 0.131 e. The molecule has 154 valence electrons. The van der Waals surface area contributed by atoms with Crippen molar-refractivity contribution in [3.05, 3.63) is 35.9 Å². The number of benzene rings is 1. The van der Waals surface area contributed by atoms with Gasteiger partial charge in [0.05, 0.1) is 18.1 Å². The first-order valence-corrected chi connectivity index (χ1v) is 9.72. The highest BCUT2D eigenvalue weighted by Gasteiger charge is 2.10. The molecule has 1 amide bonds. The number of carboxylic acid groups (broad SMARTS) is 2. The molecule has 1 aromatic carbocycles. The Morgan fingerprint density at radius 2 is 1.11 bits per heavy atom. The summed E-state index contributed by atoms with van der Waals surface area (Å²) >= 11 is 0. The average Bonchev–Trinajstić information content (AvgIpc) is 2.64. The third-order valence-electron chi connectivity index (χ3n) is 4.46. The van der Waals surface area contributed by atoms with Gasteiger partial charge in [0.25, 0.3) is 0 Å². The SMILES string of the molecule is NC(=O)[O-].O=C([O-])c1ccccc1.[NH3+]C1CCCCC1.[NH3+]C1CCCCC1. The highest BCUT2D eigenvalue weighted by atomic mass is 16.4. The third kappa shape index (κ3) is 17.1. The minimum Gasteiger partial charge on any atom is -0.545 e. The number of hydrogen-bond donors (Lipinski definition) is 3. The van der Waals surface area contributed by atoms with Crippen LogP contribution in [0.4, 0.5) is 4.79 Å². The standard InChI is InChI=1S/C7H6O2.2C6H13N.CH3NO2/c8-7(9)6-4-2-1-3-5-6;2*7-6-4-2-1-3-5-6;2-1(3)4/h1-5H,(H,8,9);2*6H,1-5,7H2;2H2,(H,3,4). The molecule has 2 aliphatic carbocycles. The second-order valence-electron chi connectivity index (χ2n) is 6.98. The largest absolute Gasteiger partial charge is 0.545 e. The molecule has 27 heavy (non-hydrogen) atoms. The average molecular weight is 382 g/mol. The first-order chi connectivity index (χ1) is 12.8. The Kier molecular flexibility index (Phi) is 14.8. The molecule has 0 unspecified atom stereocenters. The van der Waals surface area contributed by atoms with Gasteiger partial charge in [0.2, 0.25) is 0 Å². The molecule has 0 aromatic heterocycles. The molecule has 0 bridgehead atoms. The Hall–Kier alpha value is -2.12. The summed E-state index contributed by atoms with van der Waals surface area (Å²) in [6.07, 6.45) is 12.5. The van der Waals surface area contributed by atoms with E-state index in [1.165, 1.54) is 76.3 Å². The van der Waals surface area contributed by atoms with Gasteiger partial charge in [-0.3, -0.25) is 0 Å². The van der Waals surface area contributed by atoms with Crippen LogP contribution in [0.3, 0.4) is 0 Å². The zero-order valence-electron chi connectivity index (χ0n) is 16.2. The van der Waals surface area contributed by atoms with E-state index in [4.69, 9.17) is 9.90 Å². The number of rotatable bonds is 1. The highest BCUT2D eigenvalue weighted by Crippen LogP contribution is 2.14. The number of carbonyl (C=O) groups is 2. The van der Waals surface area contributed by atoms with Crippen LogP contribution in [0, 0.1) is 0 Å². The highest BCUT2D eigenvalue weighted by molar-refractivity contribution is 5.85. The first-order valence-electron chi connectivity index (χ1n) is 9.72. The summed E-state index contributed by atoms with van der Waals surface area (Å²) < 4.78 is 0. The fourth-order valence-corrected chi connectivity index (χ4v) is 2.95. The van der Waals surface area contributed by atoms with Crippen LogP contribution >= 0.6 is 0 Å². The van der Waals surface area contributed by atoms with Gasteiger partial charge in [-0.15, -0.1) is 0 Å². The summed E-state index contributed by atoms with van der Waals surface area (Å²) in [5.74, 6) is -1.13. The predicted octanol–water partition coefficient (Wildman–Crippen LogP) is -0.539. The molecule has 0 atom stereocenters. The molecule has 0 heterocycles. The number of hydrogen-bond acceptors (Lipinski definition) is 4. The van der Waals surface area contributed by atoms with E-state index in [2.05, 4.69) is 17.2 Å². The number of aromatic carboxylic acids is 1. The van der Waals surface area contributed by atoms with Crippen LogP contribution in [0.5, 0.6) is 0 Å². The van der Waals surface area contributed by atoms with Crippen molar-refractivity contribution in [1.29, 1.82) is 0 Å². The molecular formula is C20H35N3O4. The summed E-state index contributed by atoms with van der Waals surface area (Å²) in [5, 5.41) is 18.8. The molecule has 7 nitrogen and oxygen atoms in total. The van der Waals surface area contributed by atoms with Crippen molar-refractivity contribution in [2.45, 2.75) is 76.3 Å². The zero-order valence-corrected chi connectivity index (χ0v) is 16.2. The lowest BCUT2D eigenvalue weighted by Crippen LogP contribution is -2.61. The van der Waals surface area contributed by atoms with Gasteiger partial charge in [0.15, 0.2) is 0 Å². The van der Waals surface area contributed by atoms with Crippen molar-refractivity contribution in [1.82, 2.24) is 0 Å². The van der Waals surface area contributed by atoms with Crippen molar-refractivity contribution >= 4 is 12.1 Å². The minimum atomic E-state index is -1.58. The number of nitrogens with two attached hydrogens (primary N) is 1. The predicted molar refractivity (Wildman–Crippen MR) is 99.9 cm³/mol. The van der Waals surface area contributed by atoms with Crippen molar-refractivity contribution in [2.75, 3.05) is 0 Å². The van der Waals surface area contributed by atoms with E-state index >= 15 is 0 Å². The molecule has 0 spiro atoms. The van der Waals surface area contributed by atoms with Crippen LogP contribution in [0.25, 0.3) is 0 Å². The van der Waals surface area contributed by atoms with Gasteiger partial charge in [0, 0.05) is 0 Å². The van der Waals surface area contributed by atoms with Crippen LogP contribution in [-0.4, -0.2) is 24.1 Å². The summed E-state index contributed by atoms with van der Waals surface area (Å²) in [6.45, 7) is 0. The summed E-state index contributed by atoms with van der Waals surface area (Å²) in [7, 11) is 0. The van der Waals surface area contributed by atoms with Crippen molar-refractivity contribution in [3.63, 3.8) is 0 Å². The van der Waals surface area contributed by atoms with E-state index < -0.39 is 12.1 Å². The van der Waals surface area contributed by atoms with Gasteiger partial charge < -0.3 is 37.0 Å². The van der Waals surface area contributed by atoms with Crippen molar-refractivity contribution < 1.29 is 31.3 Å². The second-order valence-corrected chi connectivity index (χ2v) is 6.98. The maximum absolute atomic E-state index is 10.1. The summed E-state index contributed by atoms with van der Waals surface area (Å²) in [4.78, 5) is 18.8. The second kappa shape index (κ2) is 16.1. The fourth-order valence-electron chi connectivity index (χ4n) is 2.95. The number of carbonyl (C=O) groups excluding carboxylic acids is 2. The fraction of sp³-hybridized carbons (Fsp3) is 0.600. The van der Waals surface area contributed by atoms with Crippen molar-refractivity contribution in [2.24, 2.45) is 5.73 Å². The van der Waals surface area contributed by atoms with Gasteiger partial charge in [-0.1, -0.05) is 43.2 Å². The van der Waals surface area contributed by atoms with E-state index in [1.54, 1.807) is 18.2 Å². The minimum absolute atomic E-state index is 0.220. The quantitative estimate of drug-likeness (QED) is 0.595. The Bertz CT molecular complexity index is 479. The molecule has 0 radical (unpaired) electrons. The number of quaternary nitrogens is 2. The summed E-state index contributed by atoms with van der Waals surface area (Å²) in [6, 6.07) is 9.63. The van der Waals surface area contributed by atoms with Gasteiger partial charge in [0.1, 0.15) is 6.09 Å². The molecule has 0 aliphatic heterocycles. The lowest BCUT2D eigenvalue weighted by molar-refractivity contribution is -0.425. The van der Waals surface area contributed by atoms with Crippen LogP contribution < -0.4 is 27.4 Å². The van der Waals surface area contributed by atoms with E-state index in [0.717, 1.165) is 12.1 Å². The molecule has 2 saturated carbocycles. The number of primary amides is 1. The Labute approximate surface area is 161 Å². The van der Waals surface area contributed by atoms with E-state index in [1.807, 2.05) is 0 Å². The van der Waals surface area contributed by atoms with Gasteiger partial charge in [-0.2, -0.15) is 0 Å². The van der Waals surface area contributed by atoms with Crippen molar-refractivity contribution in [3.8, 4) is 0 Å². The van der Waals surface area contributed by atoms with E-state index in [-0.39, 0.29) is 5.56 Å².